The number of nitrogens with zero attached hydrogens (tertiary/aromatic N) is 4. The van der Waals surface area contributed by atoms with Gasteiger partial charge in [-0.05, 0) is 29.0 Å². The highest BCUT2D eigenvalue weighted by Gasteiger charge is 2.47. The van der Waals surface area contributed by atoms with E-state index in [9.17, 15) is 5.11 Å². The first-order chi connectivity index (χ1) is 9.09. The topological polar surface area (TPSA) is 75.9 Å². The molecular weight excluding hydrogens is 242 g/mol. The Balaban J connectivity index is 1.87. The normalized spacial score (nSPS) is 24.8. The Labute approximate surface area is 111 Å². The molecule has 2 unspecified atom stereocenters. The fourth-order valence-corrected chi connectivity index (χ4v) is 2.40. The summed E-state index contributed by atoms with van der Waals surface area (Å²) in [6, 6.07) is 8.12. The quantitative estimate of drug-likeness (QED) is 0.867. The van der Waals surface area contributed by atoms with Gasteiger partial charge in [0.25, 0.3) is 0 Å². The van der Waals surface area contributed by atoms with Crippen LogP contribution >= 0.6 is 0 Å². The summed E-state index contributed by atoms with van der Waals surface area (Å²) in [5.41, 5.74) is 1.76. The van der Waals surface area contributed by atoms with Gasteiger partial charge in [-0.3, -0.25) is 0 Å². The Bertz CT molecular complexity index is 566. The third kappa shape index (κ3) is 1.98. The highest BCUT2D eigenvalue weighted by Crippen LogP contribution is 2.42. The van der Waals surface area contributed by atoms with Gasteiger partial charge in [0.2, 0.25) is 0 Å². The second kappa shape index (κ2) is 4.31. The molecule has 1 saturated carbocycles. The predicted molar refractivity (Wildman–Crippen MR) is 71.0 cm³/mol. The number of tetrazole rings is 1. The number of rotatable bonds is 3. The summed E-state index contributed by atoms with van der Waals surface area (Å²) in [7, 11) is 0. The van der Waals surface area contributed by atoms with Crippen molar-refractivity contribution in [3.8, 4) is 5.69 Å². The molecule has 0 bridgehead atoms. The first kappa shape index (κ1) is 12.1. The lowest BCUT2D eigenvalue weighted by atomic mass is 9.64. The minimum absolute atomic E-state index is 0.117. The van der Waals surface area contributed by atoms with Crippen molar-refractivity contribution in [1.82, 2.24) is 20.2 Å². The molecule has 100 valence electrons. The molecule has 0 aliphatic heterocycles. The van der Waals surface area contributed by atoms with Gasteiger partial charge in [0.1, 0.15) is 6.33 Å². The van der Waals surface area contributed by atoms with Crippen LogP contribution in [0.5, 0.6) is 0 Å². The molecule has 19 heavy (non-hydrogen) atoms. The largest absolute Gasteiger partial charge is 0.392 e. The number of aliphatic hydroxyl groups excluding tert-OH is 1. The van der Waals surface area contributed by atoms with Crippen LogP contribution in [0.2, 0.25) is 0 Å². The van der Waals surface area contributed by atoms with Gasteiger partial charge in [-0.15, -0.1) is 5.10 Å². The Kier molecular flexibility index (Phi) is 2.74. The second-order valence-corrected chi connectivity index (χ2v) is 5.54. The second-order valence-electron chi connectivity index (χ2n) is 5.54. The van der Waals surface area contributed by atoms with Crippen LogP contribution in [0.25, 0.3) is 5.69 Å². The van der Waals surface area contributed by atoms with Crippen molar-refractivity contribution in [3.05, 3.63) is 30.6 Å². The Morgan fingerprint density at radius 2 is 2.16 bits per heavy atom. The Morgan fingerprint density at radius 3 is 2.79 bits per heavy atom. The van der Waals surface area contributed by atoms with Crippen molar-refractivity contribution in [3.63, 3.8) is 0 Å². The number of anilines is 1. The summed E-state index contributed by atoms with van der Waals surface area (Å²) in [4.78, 5) is 0. The van der Waals surface area contributed by atoms with Gasteiger partial charge in [0.15, 0.2) is 0 Å². The highest BCUT2D eigenvalue weighted by molar-refractivity contribution is 5.61. The van der Waals surface area contributed by atoms with Crippen LogP contribution in [0.15, 0.2) is 30.6 Å². The molecule has 1 aliphatic carbocycles. The van der Waals surface area contributed by atoms with Crippen molar-refractivity contribution < 1.29 is 5.11 Å². The Morgan fingerprint density at radius 1 is 1.37 bits per heavy atom. The van der Waals surface area contributed by atoms with Crippen molar-refractivity contribution in [2.45, 2.75) is 32.4 Å². The zero-order chi connectivity index (χ0) is 13.5. The number of nitrogens with one attached hydrogen (secondary N) is 1. The smallest absolute Gasteiger partial charge is 0.143 e. The minimum atomic E-state index is -0.245. The predicted octanol–water partition coefficient (Wildman–Crippen LogP) is 1.23. The summed E-state index contributed by atoms with van der Waals surface area (Å²) in [6.07, 6.45) is 2.09. The van der Waals surface area contributed by atoms with Crippen LogP contribution in [-0.4, -0.2) is 37.5 Å². The molecule has 0 amide bonds. The van der Waals surface area contributed by atoms with Gasteiger partial charge < -0.3 is 10.4 Å². The molecule has 1 aromatic heterocycles. The van der Waals surface area contributed by atoms with Crippen LogP contribution in [0.4, 0.5) is 5.69 Å². The third-order valence-electron chi connectivity index (χ3n) is 4.05. The molecule has 6 heteroatoms. The minimum Gasteiger partial charge on any atom is -0.392 e. The number of hydrogen-bond donors (Lipinski definition) is 2. The van der Waals surface area contributed by atoms with E-state index < -0.39 is 0 Å². The van der Waals surface area contributed by atoms with E-state index in [1.807, 2.05) is 24.3 Å². The average molecular weight is 259 g/mol. The monoisotopic (exact) mass is 259 g/mol. The number of benzene rings is 1. The standard InChI is InChI=1S/C13H17N5O/c1-13(2)11(7-12(13)19)15-9-5-3-4-6-10(9)18-8-14-16-17-18/h3-6,8,11-12,15,19H,7H2,1-2H3. The van der Waals surface area contributed by atoms with Gasteiger partial charge in [-0.2, -0.15) is 4.68 Å². The van der Waals surface area contributed by atoms with Crippen molar-refractivity contribution in [2.24, 2.45) is 5.41 Å². The van der Waals surface area contributed by atoms with Gasteiger partial charge in [-0.1, -0.05) is 26.0 Å². The molecule has 1 aliphatic rings. The number of para-hydroxylation sites is 2. The zero-order valence-electron chi connectivity index (χ0n) is 11.0. The lowest BCUT2D eigenvalue weighted by Gasteiger charge is -2.50. The first-order valence-corrected chi connectivity index (χ1v) is 6.36. The lowest BCUT2D eigenvalue weighted by Crippen LogP contribution is -2.57. The van der Waals surface area contributed by atoms with E-state index in [4.69, 9.17) is 0 Å². The van der Waals surface area contributed by atoms with Crippen molar-refractivity contribution >= 4 is 5.69 Å². The van der Waals surface area contributed by atoms with Crippen LogP contribution in [0.1, 0.15) is 20.3 Å². The molecule has 0 radical (unpaired) electrons. The van der Waals surface area contributed by atoms with E-state index in [0.29, 0.717) is 0 Å². The summed E-state index contributed by atoms with van der Waals surface area (Å²) < 4.78 is 1.63. The molecule has 0 spiro atoms. The molecular formula is C13H17N5O. The molecule has 1 aromatic carbocycles. The van der Waals surface area contributed by atoms with Crippen LogP contribution in [0, 0.1) is 5.41 Å². The van der Waals surface area contributed by atoms with Gasteiger partial charge in [-0.25, -0.2) is 0 Å². The van der Waals surface area contributed by atoms with Crippen molar-refractivity contribution in [2.75, 3.05) is 5.32 Å². The summed E-state index contributed by atoms with van der Waals surface area (Å²) in [5.74, 6) is 0. The van der Waals surface area contributed by atoms with Gasteiger partial charge in [0.05, 0.1) is 17.5 Å². The van der Waals surface area contributed by atoms with Gasteiger partial charge >= 0.3 is 0 Å². The maximum atomic E-state index is 9.80. The van der Waals surface area contributed by atoms with E-state index in [-0.39, 0.29) is 17.6 Å². The maximum absolute atomic E-state index is 9.80. The molecule has 2 atom stereocenters. The first-order valence-electron chi connectivity index (χ1n) is 6.36. The average Bonchev–Trinajstić information content (AvgIpc) is 2.93. The molecule has 0 saturated heterocycles. The van der Waals surface area contributed by atoms with Gasteiger partial charge in [0, 0.05) is 11.5 Å². The summed E-state index contributed by atoms with van der Waals surface area (Å²) in [6.45, 7) is 4.14. The highest BCUT2D eigenvalue weighted by atomic mass is 16.3. The third-order valence-corrected chi connectivity index (χ3v) is 4.05. The SMILES string of the molecule is CC1(C)C(O)CC1Nc1ccccc1-n1cnnn1. The molecule has 2 aromatic rings. The van der Waals surface area contributed by atoms with E-state index in [2.05, 4.69) is 34.7 Å². The molecule has 2 N–H and O–H groups in total. The molecule has 6 nitrogen and oxygen atoms in total. The zero-order valence-corrected chi connectivity index (χ0v) is 11.0. The maximum Gasteiger partial charge on any atom is 0.143 e. The number of hydrogen-bond acceptors (Lipinski definition) is 5. The number of aromatic nitrogens is 4. The van der Waals surface area contributed by atoms with Crippen LogP contribution in [0.3, 0.4) is 0 Å². The van der Waals surface area contributed by atoms with Crippen LogP contribution in [-0.2, 0) is 0 Å². The fourth-order valence-electron chi connectivity index (χ4n) is 2.40. The molecule has 3 rings (SSSR count). The molecule has 1 heterocycles. The fraction of sp³-hybridized carbons (Fsp3) is 0.462. The van der Waals surface area contributed by atoms with E-state index in [1.165, 1.54) is 0 Å². The number of aliphatic hydroxyl groups is 1. The van der Waals surface area contributed by atoms with E-state index in [0.717, 1.165) is 17.8 Å². The lowest BCUT2D eigenvalue weighted by molar-refractivity contribution is -0.0510. The molecule has 1 fully saturated rings. The van der Waals surface area contributed by atoms with E-state index >= 15 is 0 Å². The summed E-state index contributed by atoms with van der Waals surface area (Å²) in [5, 5.41) is 24.5. The van der Waals surface area contributed by atoms with Crippen LogP contribution < -0.4 is 5.32 Å². The van der Waals surface area contributed by atoms with Crippen molar-refractivity contribution in [1.29, 1.82) is 0 Å². The summed E-state index contributed by atoms with van der Waals surface area (Å²) >= 11 is 0. The van der Waals surface area contributed by atoms with E-state index in [1.54, 1.807) is 11.0 Å². The Hall–Kier alpha value is -1.95.